The molecule has 4 N–H and O–H groups in total. The Hall–Kier alpha value is -5.68. The van der Waals surface area contributed by atoms with E-state index in [4.69, 9.17) is 0 Å². The van der Waals surface area contributed by atoms with Gasteiger partial charge >= 0.3 is 23.9 Å². The molecule has 0 unspecified atom stereocenters. The van der Waals surface area contributed by atoms with Crippen molar-refractivity contribution < 1.29 is 59.1 Å². The van der Waals surface area contributed by atoms with Crippen LogP contribution in [0.3, 0.4) is 0 Å². The SMILES string of the molecule is O=C(O)c1cc(C2=CC3=NC2=CC2=NC(=CC4=NC(=CC5=NC(=C3)C=C5)C=C4)C=C2)c(C(=O)O)c(C(=O)O)c1C(=O)O.[Zn]. The van der Waals surface area contributed by atoms with E-state index >= 15 is 0 Å². The molecular weight excluding hydrogens is 610 g/mol. The molecule has 6 rings (SSSR count). The summed E-state index contributed by atoms with van der Waals surface area (Å²) in [6.07, 6.45) is 18.7. The smallest absolute Gasteiger partial charge is 0.337 e. The molecule has 43 heavy (non-hydrogen) atoms. The van der Waals surface area contributed by atoms with Gasteiger partial charge in [-0.3, -0.25) is 0 Å². The Morgan fingerprint density at radius 2 is 0.953 bits per heavy atom. The molecule has 13 heteroatoms. The van der Waals surface area contributed by atoms with E-state index in [2.05, 4.69) is 20.0 Å². The molecule has 12 nitrogen and oxygen atoms in total. The molecule has 0 aliphatic carbocycles. The molecule has 0 amide bonds. The molecule has 0 saturated carbocycles. The van der Waals surface area contributed by atoms with Crippen molar-refractivity contribution in [2.45, 2.75) is 0 Å². The molecule has 0 fully saturated rings. The average Bonchev–Trinajstić information content (AvgIpc) is 3.72. The van der Waals surface area contributed by atoms with Crippen molar-refractivity contribution in [2.75, 3.05) is 0 Å². The molecule has 0 atom stereocenters. The van der Waals surface area contributed by atoms with Gasteiger partial charge in [-0.2, -0.15) is 0 Å². The van der Waals surface area contributed by atoms with E-state index in [1.807, 2.05) is 12.2 Å². The van der Waals surface area contributed by atoms with Crippen molar-refractivity contribution in [2.24, 2.45) is 20.0 Å². The molecule has 5 aliphatic rings. The van der Waals surface area contributed by atoms with E-state index in [0.717, 1.165) is 6.07 Å². The Morgan fingerprint density at radius 1 is 0.488 bits per heavy atom. The zero-order valence-electron chi connectivity index (χ0n) is 21.8. The van der Waals surface area contributed by atoms with E-state index in [1.54, 1.807) is 42.5 Å². The van der Waals surface area contributed by atoms with E-state index in [9.17, 15) is 39.6 Å². The molecule has 0 spiro atoms. The first-order chi connectivity index (χ1) is 20.1. The first-order valence-electron chi connectivity index (χ1n) is 12.2. The Balaban J connectivity index is 0.00000368. The number of benzene rings is 1. The predicted molar refractivity (Wildman–Crippen MR) is 152 cm³/mol. The van der Waals surface area contributed by atoms with Crippen LogP contribution in [0, 0.1) is 0 Å². The monoisotopic (exact) mass is 624 g/mol. The minimum absolute atomic E-state index is 0. The molecule has 206 valence electrons. The Bertz CT molecular complexity index is 1980. The number of carboxylic acids is 4. The number of aromatic carboxylic acids is 4. The van der Waals surface area contributed by atoms with Crippen LogP contribution in [0.1, 0.15) is 47.0 Å². The van der Waals surface area contributed by atoms with Gasteiger partial charge in [-0.15, -0.1) is 0 Å². The van der Waals surface area contributed by atoms with Crippen LogP contribution in [0.2, 0.25) is 0 Å². The van der Waals surface area contributed by atoms with Gasteiger partial charge in [0.15, 0.2) is 0 Å². The first-order valence-corrected chi connectivity index (χ1v) is 12.2. The largest absolute Gasteiger partial charge is 0.478 e. The molecule has 0 radical (unpaired) electrons. The second-order valence-electron chi connectivity index (χ2n) is 9.26. The van der Waals surface area contributed by atoms with Crippen molar-refractivity contribution in [3.8, 4) is 0 Å². The molecule has 1 aromatic carbocycles. The van der Waals surface area contributed by atoms with Crippen molar-refractivity contribution in [1.29, 1.82) is 0 Å². The van der Waals surface area contributed by atoms with Crippen LogP contribution in [0.5, 0.6) is 0 Å². The molecule has 5 heterocycles. The molecule has 0 saturated heterocycles. The van der Waals surface area contributed by atoms with E-state index in [1.165, 1.54) is 12.2 Å². The second-order valence-corrected chi connectivity index (χ2v) is 9.26. The minimum atomic E-state index is -1.91. The van der Waals surface area contributed by atoms with Gasteiger partial charge in [0.05, 0.1) is 67.9 Å². The van der Waals surface area contributed by atoms with Gasteiger partial charge in [0.1, 0.15) is 0 Å². The number of nitrogens with zero attached hydrogens (tertiary/aromatic N) is 4. The van der Waals surface area contributed by atoms with E-state index in [0.29, 0.717) is 39.9 Å². The van der Waals surface area contributed by atoms with E-state index in [-0.39, 0.29) is 36.3 Å². The maximum Gasteiger partial charge on any atom is 0.337 e. The fraction of sp³-hybridized carbons (Fsp3) is 0. The maximum atomic E-state index is 12.4. The summed E-state index contributed by atoms with van der Waals surface area (Å²) in [7, 11) is 0. The molecule has 1 aromatic rings. The van der Waals surface area contributed by atoms with Gasteiger partial charge < -0.3 is 20.4 Å². The van der Waals surface area contributed by atoms with Gasteiger partial charge in [-0.05, 0) is 72.9 Å². The van der Waals surface area contributed by atoms with Gasteiger partial charge in [-0.25, -0.2) is 39.1 Å². The van der Waals surface area contributed by atoms with Gasteiger partial charge in [0.25, 0.3) is 0 Å². The van der Waals surface area contributed by atoms with Gasteiger partial charge in [-0.1, -0.05) is 0 Å². The number of allylic oxidation sites excluding steroid dienone is 12. The molecule has 5 aliphatic heterocycles. The van der Waals surface area contributed by atoms with Crippen LogP contribution >= 0.6 is 0 Å². The topological polar surface area (TPSA) is 199 Å². The summed E-state index contributed by atoms with van der Waals surface area (Å²) in [5, 5.41) is 39.4. The van der Waals surface area contributed by atoms with Crippen LogP contribution < -0.4 is 0 Å². The van der Waals surface area contributed by atoms with Crippen molar-refractivity contribution in [3.05, 3.63) is 124 Å². The summed E-state index contributed by atoms with van der Waals surface area (Å²) < 4.78 is 0. The van der Waals surface area contributed by atoms with Gasteiger partial charge in [0.2, 0.25) is 0 Å². The Labute approximate surface area is 254 Å². The molecular formula is C30H16N4O8Zn. The maximum absolute atomic E-state index is 12.4. The summed E-state index contributed by atoms with van der Waals surface area (Å²) in [5.74, 6) is -7.32. The summed E-state index contributed by atoms with van der Waals surface area (Å²) in [6.45, 7) is 0. The average molecular weight is 626 g/mol. The van der Waals surface area contributed by atoms with Gasteiger partial charge in [0, 0.05) is 30.6 Å². The predicted octanol–water partition coefficient (Wildman–Crippen LogP) is 3.90. The van der Waals surface area contributed by atoms with Crippen LogP contribution in [0.4, 0.5) is 0 Å². The minimum Gasteiger partial charge on any atom is -0.478 e. The number of rotatable bonds is 5. The number of hydrogen-bond donors (Lipinski definition) is 4. The molecule has 0 aromatic heterocycles. The first kappa shape index (κ1) is 28.8. The number of aliphatic imine (C=N–C) groups is 4. The summed E-state index contributed by atoms with van der Waals surface area (Å²) in [5.41, 5.74) is -0.452. The molecule has 8 bridgehead atoms. The third-order valence-corrected chi connectivity index (χ3v) is 6.53. The quantitative estimate of drug-likeness (QED) is 0.353. The van der Waals surface area contributed by atoms with E-state index < -0.39 is 46.1 Å². The van der Waals surface area contributed by atoms with Crippen molar-refractivity contribution in [1.82, 2.24) is 0 Å². The van der Waals surface area contributed by atoms with Crippen LogP contribution in [-0.2, 0) is 19.5 Å². The Morgan fingerprint density at radius 3 is 1.42 bits per heavy atom. The Kier molecular flexibility index (Phi) is 7.35. The zero-order chi connectivity index (χ0) is 29.7. The third-order valence-electron chi connectivity index (χ3n) is 6.53. The fourth-order valence-corrected chi connectivity index (χ4v) is 4.84. The number of carbonyl (C=O) groups is 4. The number of hydrogen-bond acceptors (Lipinski definition) is 8. The number of fused-ring (bicyclic) bond motifs is 4. The number of carboxylic acid groups (broad SMARTS) is 4. The summed E-state index contributed by atoms with van der Waals surface area (Å²) in [4.78, 5) is 66.8. The van der Waals surface area contributed by atoms with Crippen molar-refractivity contribution >= 4 is 52.3 Å². The summed E-state index contributed by atoms with van der Waals surface area (Å²) >= 11 is 0. The van der Waals surface area contributed by atoms with Crippen LogP contribution in [-0.4, -0.2) is 67.2 Å². The second kappa shape index (κ2) is 11.0. The normalized spacial score (nSPS) is 17.4. The fourth-order valence-electron chi connectivity index (χ4n) is 4.84. The summed E-state index contributed by atoms with van der Waals surface area (Å²) in [6, 6.07) is 0.839. The third kappa shape index (κ3) is 5.36. The zero-order valence-corrected chi connectivity index (χ0v) is 24.8. The standard InChI is InChI=1S/C30H16N4O8.Zn/c35-27(36)22-12-21(24(28(37)38)26(30(41)42)25(22)29(39)40)20-10-19-9-17-4-3-15(32-17)7-13-1-2-14(31-13)8-16-5-6-18(33-16)11-23(20)34-19;/h1-12H,(H,35,36)(H,37,38)(H,39,40)(H,41,42);. The van der Waals surface area contributed by atoms with Crippen LogP contribution in [0.25, 0.3) is 5.57 Å². The van der Waals surface area contributed by atoms with Crippen molar-refractivity contribution in [3.63, 3.8) is 0 Å². The van der Waals surface area contributed by atoms with Crippen LogP contribution in [0.15, 0.2) is 116 Å².